The molecule has 0 aromatic heterocycles. The Morgan fingerprint density at radius 1 is 1.08 bits per heavy atom. The van der Waals surface area contributed by atoms with Crippen molar-refractivity contribution in [3.63, 3.8) is 0 Å². The van der Waals surface area contributed by atoms with Gasteiger partial charge in [-0.2, -0.15) is 0 Å². The minimum atomic E-state index is -0.123. The highest BCUT2D eigenvalue weighted by Crippen LogP contribution is 2.43. The maximum Gasteiger partial charge on any atom is 0.0493 e. The topological polar surface area (TPSA) is 40.5 Å². The lowest BCUT2D eigenvalue weighted by molar-refractivity contribution is -0.00973. The molecule has 0 heterocycles. The van der Waals surface area contributed by atoms with E-state index in [1.807, 2.05) is 0 Å². The van der Waals surface area contributed by atoms with Gasteiger partial charge in [-0.1, -0.05) is 27.7 Å². The molecule has 0 aliphatic heterocycles. The predicted octanol–water partition coefficient (Wildman–Crippen LogP) is 1.80. The van der Waals surface area contributed by atoms with Gasteiger partial charge in [0.25, 0.3) is 0 Å². The number of hydrogen-bond donors (Lipinski definition) is 2. The van der Waals surface area contributed by atoms with E-state index in [1.54, 1.807) is 0 Å². The van der Waals surface area contributed by atoms with Crippen LogP contribution in [0.3, 0.4) is 0 Å². The van der Waals surface area contributed by atoms with Crippen molar-refractivity contribution < 1.29 is 10.2 Å². The van der Waals surface area contributed by atoms with Gasteiger partial charge in [-0.25, -0.2) is 0 Å². The monoisotopic (exact) mass is 174 g/mol. The van der Waals surface area contributed by atoms with E-state index in [-0.39, 0.29) is 24.0 Å². The number of rotatable bonds is 4. The van der Waals surface area contributed by atoms with Crippen molar-refractivity contribution in [2.45, 2.75) is 40.5 Å². The van der Waals surface area contributed by atoms with Crippen LogP contribution in [0.5, 0.6) is 0 Å². The van der Waals surface area contributed by atoms with E-state index in [0.717, 1.165) is 6.42 Å². The summed E-state index contributed by atoms with van der Waals surface area (Å²) in [6, 6.07) is 0. The second kappa shape index (κ2) is 4.24. The van der Waals surface area contributed by atoms with Gasteiger partial charge in [0.1, 0.15) is 0 Å². The Kier molecular flexibility index (Phi) is 4.21. The number of hydrogen-bond acceptors (Lipinski definition) is 2. The van der Waals surface area contributed by atoms with Crippen molar-refractivity contribution in [3.05, 3.63) is 0 Å². The molecule has 1 unspecified atom stereocenters. The maximum atomic E-state index is 9.33. The summed E-state index contributed by atoms with van der Waals surface area (Å²) in [5.41, 5.74) is -0.0685. The minimum Gasteiger partial charge on any atom is -0.396 e. The first-order valence-electron chi connectivity index (χ1n) is 4.65. The quantitative estimate of drug-likeness (QED) is 0.682. The molecule has 1 atom stereocenters. The highest BCUT2D eigenvalue weighted by atomic mass is 16.3. The summed E-state index contributed by atoms with van der Waals surface area (Å²) in [4.78, 5) is 0. The van der Waals surface area contributed by atoms with Crippen molar-refractivity contribution in [3.8, 4) is 0 Å². The van der Waals surface area contributed by atoms with Gasteiger partial charge in [-0.3, -0.25) is 0 Å². The lowest BCUT2D eigenvalue weighted by Gasteiger charge is -2.43. The molecule has 2 N–H and O–H groups in total. The Morgan fingerprint density at radius 3 is 1.67 bits per heavy atom. The molecule has 0 spiro atoms. The van der Waals surface area contributed by atoms with Crippen molar-refractivity contribution >= 4 is 0 Å². The number of aliphatic hydroxyl groups is 2. The third-order valence-corrected chi connectivity index (χ3v) is 3.16. The molecule has 2 nitrogen and oxygen atoms in total. The molecule has 0 aliphatic rings. The van der Waals surface area contributed by atoms with E-state index in [2.05, 4.69) is 27.7 Å². The summed E-state index contributed by atoms with van der Waals surface area (Å²) < 4.78 is 0. The van der Waals surface area contributed by atoms with Crippen LogP contribution in [-0.2, 0) is 0 Å². The molecule has 74 valence electrons. The van der Waals surface area contributed by atoms with Gasteiger partial charge in [-0.05, 0) is 18.3 Å². The highest BCUT2D eigenvalue weighted by molar-refractivity contribution is 4.88. The van der Waals surface area contributed by atoms with Crippen molar-refractivity contribution in [2.24, 2.45) is 10.8 Å². The lowest BCUT2D eigenvalue weighted by Crippen LogP contribution is -2.39. The van der Waals surface area contributed by atoms with Crippen LogP contribution in [-0.4, -0.2) is 23.4 Å². The Morgan fingerprint density at radius 2 is 1.58 bits per heavy atom. The van der Waals surface area contributed by atoms with Crippen molar-refractivity contribution in [1.29, 1.82) is 0 Å². The summed E-state index contributed by atoms with van der Waals surface area (Å²) in [6.45, 7) is 8.73. The zero-order valence-electron chi connectivity index (χ0n) is 8.72. The fourth-order valence-electron chi connectivity index (χ4n) is 1.72. The molecule has 0 aliphatic carbocycles. The van der Waals surface area contributed by atoms with Gasteiger partial charge in [0.2, 0.25) is 0 Å². The van der Waals surface area contributed by atoms with Crippen LogP contribution in [0, 0.1) is 10.8 Å². The highest BCUT2D eigenvalue weighted by Gasteiger charge is 2.38. The average molecular weight is 174 g/mol. The molecular weight excluding hydrogens is 152 g/mol. The average Bonchev–Trinajstić information content (AvgIpc) is 1.98. The van der Waals surface area contributed by atoms with Crippen molar-refractivity contribution in [1.82, 2.24) is 0 Å². The molecule has 0 rings (SSSR count). The Labute approximate surface area is 75.6 Å². The normalized spacial score (nSPS) is 17.5. The van der Waals surface area contributed by atoms with E-state index >= 15 is 0 Å². The summed E-state index contributed by atoms with van der Waals surface area (Å²) in [7, 11) is 0. The van der Waals surface area contributed by atoms with Gasteiger partial charge in [0.05, 0.1) is 0 Å². The van der Waals surface area contributed by atoms with Crippen LogP contribution >= 0.6 is 0 Å². The second-order valence-corrected chi connectivity index (χ2v) is 4.52. The molecule has 2 heteroatoms. The molecule has 0 aromatic carbocycles. The van der Waals surface area contributed by atoms with Crippen molar-refractivity contribution in [2.75, 3.05) is 13.2 Å². The zero-order chi connectivity index (χ0) is 9.83. The number of aliphatic hydroxyl groups excluding tert-OH is 2. The van der Waals surface area contributed by atoms with Crippen LogP contribution in [0.15, 0.2) is 0 Å². The first-order valence-corrected chi connectivity index (χ1v) is 4.65. The van der Waals surface area contributed by atoms with Gasteiger partial charge >= 0.3 is 0 Å². The lowest BCUT2D eigenvalue weighted by atomic mass is 9.64. The van der Waals surface area contributed by atoms with E-state index in [9.17, 15) is 5.11 Å². The maximum absolute atomic E-state index is 9.33. The van der Waals surface area contributed by atoms with Gasteiger partial charge < -0.3 is 10.2 Å². The van der Waals surface area contributed by atoms with Crippen LogP contribution in [0.2, 0.25) is 0 Å². The first-order chi connectivity index (χ1) is 5.43. The standard InChI is InChI=1S/C10H22O2/c1-5-10(8-12,6-7-11)9(2,3)4/h11-12H,5-8H2,1-4H3. The SMILES string of the molecule is CCC(CO)(CCO)C(C)(C)C. The molecule has 0 fully saturated rings. The predicted molar refractivity (Wildman–Crippen MR) is 51.0 cm³/mol. The molecule has 0 bridgehead atoms. The van der Waals surface area contributed by atoms with Crippen LogP contribution < -0.4 is 0 Å². The Balaban J connectivity index is 4.57. The molecule has 0 saturated carbocycles. The summed E-state index contributed by atoms with van der Waals surface area (Å²) >= 11 is 0. The van der Waals surface area contributed by atoms with Crippen LogP contribution in [0.4, 0.5) is 0 Å². The molecule has 0 amide bonds. The van der Waals surface area contributed by atoms with E-state index < -0.39 is 0 Å². The van der Waals surface area contributed by atoms with E-state index in [4.69, 9.17) is 5.11 Å². The summed E-state index contributed by atoms with van der Waals surface area (Å²) in [5.74, 6) is 0. The molecule has 0 saturated heterocycles. The molecule has 0 aromatic rings. The van der Waals surface area contributed by atoms with Crippen LogP contribution in [0.1, 0.15) is 40.5 Å². The second-order valence-electron chi connectivity index (χ2n) is 4.52. The zero-order valence-corrected chi connectivity index (χ0v) is 8.72. The molecule has 0 radical (unpaired) electrons. The van der Waals surface area contributed by atoms with Gasteiger partial charge in [0.15, 0.2) is 0 Å². The van der Waals surface area contributed by atoms with E-state index in [0.29, 0.717) is 6.42 Å². The third-order valence-electron chi connectivity index (χ3n) is 3.16. The molecular formula is C10H22O2. The van der Waals surface area contributed by atoms with Gasteiger partial charge in [0, 0.05) is 18.6 Å². The summed E-state index contributed by atoms with van der Waals surface area (Å²) in [5, 5.41) is 18.2. The largest absolute Gasteiger partial charge is 0.396 e. The van der Waals surface area contributed by atoms with E-state index in [1.165, 1.54) is 0 Å². The third kappa shape index (κ3) is 2.20. The fourth-order valence-corrected chi connectivity index (χ4v) is 1.72. The molecule has 12 heavy (non-hydrogen) atoms. The fraction of sp³-hybridized carbons (Fsp3) is 1.00. The minimum absolute atomic E-state index is 0.0548. The smallest absolute Gasteiger partial charge is 0.0493 e. The first kappa shape index (κ1) is 11.9. The summed E-state index contributed by atoms with van der Waals surface area (Å²) in [6.07, 6.45) is 1.59. The van der Waals surface area contributed by atoms with Crippen LogP contribution in [0.25, 0.3) is 0 Å². The Hall–Kier alpha value is -0.0800. The van der Waals surface area contributed by atoms with Gasteiger partial charge in [-0.15, -0.1) is 0 Å². The Bertz CT molecular complexity index is 120.